The predicted molar refractivity (Wildman–Crippen MR) is 59.8 cm³/mol. The molecule has 0 unspecified atom stereocenters. The van der Waals surface area contributed by atoms with Gasteiger partial charge in [-0.2, -0.15) is 4.74 Å². The van der Waals surface area contributed by atoms with Crippen LogP contribution in [0.5, 0.6) is 0 Å². The van der Waals surface area contributed by atoms with Crippen molar-refractivity contribution in [3.63, 3.8) is 0 Å². The van der Waals surface area contributed by atoms with E-state index in [0.717, 1.165) is 16.0 Å². The summed E-state index contributed by atoms with van der Waals surface area (Å²) in [5, 5.41) is 11.8. The van der Waals surface area contributed by atoms with E-state index in [0.29, 0.717) is 5.69 Å². The molecule has 0 aliphatic rings. The first kappa shape index (κ1) is 10.5. The maximum Gasteiger partial charge on any atom is 0.216 e. The van der Waals surface area contributed by atoms with Crippen molar-refractivity contribution in [3.05, 3.63) is 47.2 Å². The molecule has 74 valence electrons. The van der Waals surface area contributed by atoms with Crippen molar-refractivity contribution in [2.75, 3.05) is 0 Å². The molecule has 0 radical (unpaired) electrons. The lowest BCUT2D eigenvalue weighted by Crippen LogP contribution is -2.08. The van der Waals surface area contributed by atoms with E-state index < -0.39 is 0 Å². The second-order valence-corrected chi connectivity index (χ2v) is 3.19. The number of rotatable bonds is 2. The van der Waals surface area contributed by atoms with Crippen LogP contribution in [0.15, 0.2) is 42.0 Å². The molecule has 0 spiro atoms. The Hall–Kier alpha value is -1.57. The average Bonchev–Trinajstić information content (AvgIpc) is 2.27. The van der Waals surface area contributed by atoms with Crippen LogP contribution in [0.2, 0.25) is 0 Å². The molecule has 2 nitrogen and oxygen atoms in total. The Balaban J connectivity index is 3.12. The highest BCUT2D eigenvalue weighted by atomic mass is 16.5. The van der Waals surface area contributed by atoms with Gasteiger partial charge < -0.3 is 5.21 Å². The molecule has 0 saturated carbocycles. The van der Waals surface area contributed by atoms with Crippen molar-refractivity contribution in [1.29, 1.82) is 0 Å². The highest BCUT2D eigenvalue weighted by Gasteiger charge is 2.06. The smallest absolute Gasteiger partial charge is 0.216 e. The number of hydrogen-bond acceptors (Lipinski definition) is 1. The fraction of sp³-hybridized carbons (Fsp3) is 0.250. The summed E-state index contributed by atoms with van der Waals surface area (Å²) in [5.41, 5.74) is 2.41. The summed E-state index contributed by atoms with van der Waals surface area (Å²) in [6, 6.07) is 9.23. The fourth-order valence-electron chi connectivity index (χ4n) is 1.13. The molecule has 0 N–H and O–H groups in total. The minimum Gasteiger partial charge on any atom is -0.618 e. The zero-order valence-corrected chi connectivity index (χ0v) is 8.82. The van der Waals surface area contributed by atoms with E-state index >= 15 is 0 Å². The van der Waals surface area contributed by atoms with Gasteiger partial charge in [-0.15, -0.1) is 0 Å². The van der Waals surface area contributed by atoms with Crippen LogP contribution in [0.3, 0.4) is 0 Å². The Labute approximate surface area is 84.8 Å². The molecule has 0 bridgehead atoms. The Morgan fingerprint density at radius 2 is 1.79 bits per heavy atom. The van der Waals surface area contributed by atoms with Gasteiger partial charge in [-0.3, -0.25) is 0 Å². The van der Waals surface area contributed by atoms with Crippen LogP contribution in [0.1, 0.15) is 20.8 Å². The first-order chi connectivity index (χ1) is 6.66. The van der Waals surface area contributed by atoms with Crippen LogP contribution in [0, 0.1) is 5.21 Å². The van der Waals surface area contributed by atoms with Gasteiger partial charge in [0.15, 0.2) is 5.71 Å². The zero-order chi connectivity index (χ0) is 10.6. The molecule has 1 aromatic rings. The quantitative estimate of drug-likeness (QED) is 0.303. The molecule has 14 heavy (non-hydrogen) atoms. The maximum absolute atomic E-state index is 11.8. The molecule has 0 amide bonds. The first-order valence-corrected chi connectivity index (χ1v) is 4.66. The monoisotopic (exact) mass is 189 g/mol. The highest BCUT2D eigenvalue weighted by molar-refractivity contribution is 5.94. The van der Waals surface area contributed by atoms with Crippen LogP contribution in [0.4, 0.5) is 5.69 Å². The predicted octanol–water partition coefficient (Wildman–Crippen LogP) is 3.26. The summed E-state index contributed by atoms with van der Waals surface area (Å²) in [6.07, 6.45) is 1.93. The Morgan fingerprint density at radius 1 is 1.21 bits per heavy atom. The molecule has 0 aliphatic heterocycles. The minimum atomic E-state index is 0.672. The van der Waals surface area contributed by atoms with Gasteiger partial charge in [0.1, 0.15) is 0 Å². The Morgan fingerprint density at radius 3 is 2.29 bits per heavy atom. The third kappa shape index (κ3) is 2.22. The van der Waals surface area contributed by atoms with E-state index in [9.17, 15) is 5.21 Å². The molecular formula is C12H15NO. The molecule has 0 heterocycles. The maximum atomic E-state index is 11.8. The van der Waals surface area contributed by atoms with Crippen molar-refractivity contribution in [1.82, 2.24) is 0 Å². The highest BCUT2D eigenvalue weighted by Crippen LogP contribution is 2.11. The van der Waals surface area contributed by atoms with Gasteiger partial charge in [-0.25, -0.2) is 0 Å². The number of para-hydroxylation sites is 1. The lowest BCUT2D eigenvalue weighted by molar-refractivity contribution is -0.360. The van der Waals surface area contributed by atoms with E-state index in [4.69, 9.17) is 0 Å². The summed E-state index contributed by atoms with van der Waals surface area (Å²) in [4.78, 5) is 0. The molecule has 0 aliphatic carbocycles. The number of nitrogens with zero attached hydrogens (tertiary/aromatic N) is 1. The van der Waals surface area contributed by atoms with Gasteiger partial charge >= 0.3 is 0 Å². The molecule has 0 fully saturated rings. The lowest BCUT2D eigenvalue weighted by Gasteiger charge is -2.06. The van der Waals surface area contributed by atoms with Crippen molar-refractivity contribution < 1.29 is 4.74 Å². The number of benzene rings is 1. The average molecular weight is 189 g/mol. The van der Waals surface area contributed by atoms with Gasteiger partial charge in [0.05, 0.1) is 0 Å². The summed E-state index contributed by atoms with van der Waals surface area (Å²) in [6.45, 7) is 5.69. The molecule has 0 atom stereocenters. The van der Waals surface area contributed by atoms with E-state index in [2.05, 4.69) is 0 Å². The normalized spacial score (nSPS) is 13.8. The Bertz CT molecular complexity index is 363. The summed E-state index contributed by atoms with van der Waals surface area (Å²) < 4.78 is 0.954. The van der Waals surface area contributed by atoms with Crippen molar-refractivity contribution in [2.45, 2.75) is 20.8 Å². The topological polar surface area (TPSA) is 26.1 Å². The van der Waals surface area contributed by atoms with E-state index in [1.165, 1.54) is 0 Å². The van der Waals surface area contributed by atoms with Gasteiger partial charge in [-0.1, -0.05) is 24.3 Å². The van der Waals surface area contributed by atoms with Gasteiger partial charge in [-0.05, 0) is 13.8 Å². The van der Waals surface area contributed by atoms with Gasteiger partial charge in [0, 0.05) is 24.6 Å². The van der Waals surface area contributed by atoms with Crippen LogP contribution >= 0.6 is 0 Å². The second kappa shape index (κ2) is 4.61. The number of allylic oxidation sites excluding steroid dienone is 2. The van der Waals surface area contributed by atoms with Crippen molar-refractivity contribution >= 4 is 11.4 Å². The van der Waals surface area contributed by atoms with Crippen LogP contribution in [-0.4, -0.2) is 10.5 Å². The first-order valence-electron chi connectivity index (χ1n) is 4.66. The summed E-state index contributed by atoms with van der Waals surface area (Å²) in [5.74, 6) is 0. The third-order valence-electron chi connectivity index (χ3n) is 2.30. The molecule has 1 rings (SSSR count). The van der Waals surface area contributed by atoms with Crippen molar-refractivity contribution in [3.8, 4) is 0 Å². The molecule has 0 aromatic heterocycles. The lowest BCUT2D eigenvalue weighted by atomic mass is 10.2. The third-order valence-corrected chi connectivity index (χ3v) is 2.30. The largest absolute Gasteiger partial charge is 0.618 e. The molecule has 2 heteroatoms. The van der Waals surface area contributed by atoms with E-state index in [1.54, 1.807) is 12.1 Å². The van der Waals surface area contributed by atoms with Crippen LogP contribution in [-0.2, 0) is 0 Å². The standard InChI is InChI=1S/C12H15NO/c1-4-10(2)11(3)13(14)12-8-6-5-7-9-12/h4-9H,1-3H3/b10-4+,13-11-. The SMILES string of the molecule is C/C=C(C)/C(C)=[N+](\[O-])c1ccccc1. The second-order valence-electron chi connectivity index (χ2n) is 3.19. The van der Waals surface area contributed by atoms with E-state index in [1.807, 2.05) is 45.0 Å². The molecule has 1 aromatic carbocycles. The summed E-state index contributed by atoms with van der Waals surface area (Å²) in [7, 11) is 0. The van der Waals surface area contributed by atoms with Crippen LogP contribution in [0.25, 0.3) is 0 Å². The fourth-order valence-corrected chi connectivity index (χ4v) is 1.13. The Kier molecular flexibility index (Phi) is 3.46. The van der Waals surface area contributed by atoms with Crippen LogP contribution < -0.4 is 0 Å². The molecular weight excluding hydrogens is 174 g/mol. The van der Waals surface area contributed by atoms with Crippen molar-refractivity contribution in [2.24, 2.45) is 0 Å². The van der Waals surface area contributed by atoms with Gasteiger partial charge in [0.25, 0.3) is 0 Å². The van der Waals surface area contributed by atoms with E-state index in [-0.39, 0.29) is 0 Å². The van der Waals surface area contributed by atoms with Gasteiger partial charge in [0.2, 0.25) is 5.69 Å². The number of hydrogen-bond donors (Lipinski definition) is 0. The minimum absolute atomic E-state index is 0.672. The summed E-state index contributed by atoms with van der Waals surface area (Å²) >= 11 is 0. The zero-order valence-electron chi connectivity index (χ0n) is 8.82. The molecule has 0 saturated heterocycles.